The number of hydrogen-bond donors (Lipinski definition) is 1. The Labute approximate surface area is 96.0 Å². The number of hydrogen-bond acceptors (Lipinski definition) is 3. The molecule has 1 aliphatic rings. The number of nitrogens with two attached hydrogens (primary N) is 1. The summed E-state index contributed by atoms with van der Waals surface area (Å²) in [5.41, 5.74) is 6.43. The molecule has 3 nitrogen and oxygen atoms in total. The molecule has 0 saturated carbocycles. The first-order valence-corrected chi connectivity index (χ1v) is 4.85. The predicted octanol–water partition coefficient (Wildman–Crippen LogP) is 1.31. The van der Waals surface area contributed by atoms with Gasteiger partial charge in [0, 0.05) is 6.54 Å². The van der Waals surface area contributed by atoms with Gasteiger partial charge in [0.25, 0.3) is 0 Å². The maximum absolute atomic E-state index is 5.77. The predicted molar refractivity (Wildman–Crippen MR) is 61.2 cm³/mol. The van der Waals surface area contributed by atoms with Gasteiger partial charge in [0.05, 0.1) is 19.8 Å². The van der Waals surface area contributed by atoms with Crippen LogP contribution in [0.2, 0.25) is 0 Å². The van der Waals surface area contributed by atoms with Gasteiger partial charge < -0.3 is 15.2 Å². The van der Waals surface area contributed by atoms with Crippen LogP contribution in [0.3, 0.4) is 0 Å². The summed E-state index contributed by atoms with van der Waals surface area (Å²) in [6.45, 7) is 2.28. The summed E-state index contributed by atoms with van der Waals surface area (Å²) in [5, 5.41) is 0. The van der Waals surface area contributed by atoms with Crippen molar-refractivity contribution in [3.63, 3.8) is 0 Å². The minimum atomic E-state index is -0.431. The van der Waals surface area contributed by atoms with Gasteiger partial charge in [-0.3, -0.25) is 0 Å². The van der Waals surface area contributed by atoms with E-state index in [-0.39, 0.29) is 12.4 Å². The van der Waals surface area contributed by atoms with Crippen LogP contribution in [-0.2, 0) is 15.1 Å². The van der Waals surface area contributed by atoms with Gasteiger partial charge in [0.15, 0.2) is 0 Å². The third-order valence-electron chi connectivity index (χ3n) is 2.57. The molecule has 4 heteroatoms. The van der Waals surface area contributed by atoms with Gasteiger partial charge in [0.2, 0.25) is 0 Å². The van der Waals surface area contributed by atoms with E-state index < -0.39 is 5.60 Å². The molecule has 1 saturated heterocycles. The third-order valence-corrected chi connectivity index (χ3v) is 2.57. The monoisotopic (exact) mass is 229 g/mol. The van der Waals surface area contributed by atoms with Gasteiger partial charge in [-0.05, 0) is 5.56 Å². The number of halogens is 1. The summed E-state index contributed by atoms with van der Waals surface area (Å²) < 4.78 is 11.2. The van der Waals surface area contributed by atoms with Crippen molar-refractivity contribution in [1.82, 2.24) is 0 Å². The molecule has 2 rings (SSSR count). The fraction of sp³-hybridized carbons (Fsp3) is 0.455. The van der Waals surface area contributed by atoms with E-state index in [1.54, 1.807) is 0 Å². The third kappa shape index (κ3) is 2.49. The number of benzene rings is 1. The van der Waals surface area contributed by atoms with Gasteiger partial charge >= 0.3 is 0 Å². The van der Waals surface area contributed by atoms with Crippen molar-refractivity contribution in [2.45, 2.75) is 5.60 Å². The SMILES string of the molecule is Cl.NCC1(c2ccccc2)COCCO1. The summed E-state index contributed by atoms with van der Waals surface area (Å²) in [4.78, 5) is 0. The van der Waals surface area contributed by atoms with E-state index in [0.29, 0.717) is 26.4 Å². The molecule has 15 heavy (non-hydrogen) atoms. The summed E-state index contributed by atoms with van der Waals surface area (Å²) in [6.07, 6.45) is 0. The zero-order valence-corrected chi connectivity index (χ0v) is 9.33. The largest absolute Gasteiger partial charge is 0.376 e. The molecule has 1 aliphatic heterocycles. The van der Waals surface area contributed by atoms with Gasteiger partial charge in [-0.2, -0.15) is 0 Å². The zero-order valence-electron chi connectivity index (χ0n) is 8.52. The van der Waals surface area contributed by atoms with Crippen molar-refractivity contribution in [3.05, 3.63) is 35.9 Å². The lowest BCUT2D eigenvalue weighted by Crippen LogP contribution is -2.46. The Kier molecular flexibility index (Phi) is 4.54. The van der Waals surface area contributed by atoms with Gasteiger partial charge in [-0.15, -0.1) is 12.4 Å². The normalized spacial score (nSPS) is 25.7. The van der Waals surface area contributed by atoms with E-state index in [2.05, 4.69) is 0 Å². The van der Waals surface area contributed by atoms with Crippen LogP contribution in [0, 0.1) is 0 Å². The standard InChI is InChI=1S/C11H15NO2.ClH/c12-8-11(9-13-6-7-14-11)10-4-2-1-3-5-10;/h1-5H,6-9,12H2;1H. The van der Waals surface area contributed by atoms with Crippen molar-refractivity contribution in [2.24, 2.45) is 5.73 Å². The average molecular weight is 230 g/mol. The minimum absolute atomic E-state index is 0. The van der Waals surface area contributed by atoms with E-state index >= 15 is 0 Å². The summed E-state index contributed by atoms with van der Waals surface area (Å²) in [5.74, 6) is 0. The molecule has 1 heterocycles. The van der Waals surface area contributed by atoms with Crippen molar-refractivity contribution < 1.29 is 9.47 Å². The second kappa shape index (κ2) is 5.47. The summed E-state index contributed by atoms with van der Waals surface area (Å²) in [6, 6.07) is 10.0. The van der Waals surface area contributed by atoms with E-state index in [1.165, 1.54) is 0 Å². The van der Waals surface area contributed by atoms with Crippen molar-refractivity contribution >= 4 is 12.4 Å². The van der Waals surface area contributed by atoms with Gasteiger partial charge in [-0.1, -0.05) is 30.3 Å². The highest BCUT2D eigenvalue weighted by molar-refractivity contribution is 5.85. The van der Waals surface area contributed by atoms with Crippen LogP contribution < -0.4 is 5.73 Å². The van der Waals surface area contributed by atoms with Crippen LogP contribution in [0.4, 0.5) is 0 Å². The Balaban J connectivity index is 0.00000112. The van der Waals surface area contributed by atoms with Crippen LogP contribution in [0.1, 0.15) is 5.56 Å². The Morgan fingerprint density at radius 1 is 1.20 bits per heavy atom. The molecule has 1 aromatic carbocycles. The molecule has 1 atom stereocenters. The molecule has 0 amide bonds. The van der Waals surface area contributed by atoms with Crippen molar-refractivity contribution in [2.75, 3.05) is 26.4 Å². The van der Waals surface area contributed by atoms with E-state index in [1.807, 2.05) is 30.3 Å². The Bertz CT molecular complexity index is 286. The first-order valence-electron chi connectivity index (χ1n) is 4.85. The highest BCUT2D eigenvalue weighted by atomic mass is 35.5. The van der Waals surface area contributed by atoms with Crippen LogP contribution in [0.15, 0.2) is 30.3 Å². The van der Waals surface area contributed by atoms with Crippen LogP contribution >= 0.6 is 12.4 Å². The smallest absolute Gasteiger partial charge is 0.129 e. The lowest BCUT2D eigenvalue weighted by Gasteiger charge is -2.36. The fourth-order valence-corrected chi connectivity index (χ4v) is 1.72. The molecule has 0 aromatic heterocycles. The number of ether oxygens (including phenoxy) is 2. The molecule has 0 aliphatic carbocycles. The van der Waals surface area contributed by atoms with Crippen LogP contribution in [0.25, 0.3) is 0 Å². The Morgan fingerprint density at radius 3 is 2.47 bits per heavy atom. The first kappa shape index (κ1) is 12.5. The fourth-order valence-electron chi connectivity index (χ4n) is 1.72. The quantitative estimate of drug-likeness (QED) is 0.832. The summed E-state index contributed by atoms with van der Waals surface area (Å²) >= 11 is 0. The molecular formula is C11H16ClNO2. The van der Waals surface area contributed by atoms with Crippen molar-refractivity contribution in [3.8, 4) is 0 Å². The molecule has 1 fully saturated rings. The average Bonchev–Trinajstić information content (AvgIpc) is 2.31. The Morgan fingerprint density at radius 2 is 1.93 bits per heavy atom. The molecule has 84 valence electrons. The maximum atomic E-state index is 5.77. The van der Waals surface area contributed by atoms with E-state index in [9.17, 15) is 0 Å². The topological polar surface area (TPSA) is 44.5 Å². The molecule has 0 spiro atoms. The highest BCUT2D eigenvalue weighted by Crippen LogP contribution is 2.27. The lowest BCUT2D eigenvalue weighted by molar-refractivity contribution is -0.157. The summed E-state index contributed by atoms with van der Waals surface area (Å²) in [7, 11) is 0. The van der Waals surface area contributed by atoms with E-state index in [4.69, 9.17) is 15.2 Å². The van der Waals surface area contributed by atoms with Crippen LogP contribution in [-0.4, -0.2) is 26.4 Å². The molecule has 0 bridgehead atoms. The molecular weight excluding hydrogens is 214 g/mol. The van der Waals surface area contributed by atoms with E-state index in [0.717, 1.165) is 5.56 Å². The zero-order chi connectivity index (χ0) is 9.86. The van der Waals surface area contributed by atoms with Crippen molar-refractivity contribution in [1.29, 1.82) is 0 Å². The molecule has 1 unspecified atom stereocenters. The highest BCUT2D eigenvalue weighted by Gasteiger charge is 2.34. The van der Waals surface area contributed by atoms with Gasteiger partial charge in [0.1, 0.15) is 5.60 Å². The Hall–Kier alpha value is -0.610. The molecule has 2 N–H and O–H groups in total. The molecule has 0 radical (unpaired) electrons. The number of rotatable bonds is 2. The maximum Gasteiger partial charge on any atom is 0.129 e. The van der Waals surface area contributed by atoms with Gasteiger partial charge in [-0.25, -0.2) is 0 Å². The lowest BCUT2D eigenvalue weighted by atomic mass is 9.94. The molecule has 1 aromatic rings. The second-order valence-electron chi connectivity index (χ2n) is 3.47. The minimum Gasteiger partial charge on any atom is -0.376 e. The first-order chi connectivity index (χ1) is 6.87. The second-order valence-corrected chi connectivity index (χ2v) is 3.47. The van der Waals surface area contributed by atoms with Crippen LogP contribution in [0.5, 0.6) is 0 Å².